The monoisotopic (exact) mass is 274 g/mol. The van der Waals surface area contributed by atoms with Crippen molar-refractivity contribution in [3.8, 4) is 0 Å². The van der Waals surface area contributed by atoms with Gasteiger partial charge in [0.05, 0.1) is 0 Å². The molecule has 20 heavy (non-hydrogen) atoms. The molecule has 1 amide bonds. The zero-order valence-electron chi connectivity index (χ0n) is 12.0. The van der Waals surface area contributed by atoms with E-state index in [2.05, 4.69) is 9.88 Å². The number of nitrogen functional groups attached to an aromatic ring is 1. The Morgan fingerprint density at radius 2 is 2.05 bits per heavy atom. The van der Waals surface area contributed by atoms with E-state index in [1.54, 1.807) is 6.07 Å². The number of amides is 1. The van der Waals surface area contributed by atoms with Crippen molar-refractivity contribution in [1.82, 2.24) is 14.8 Å². The maximum atomic E-state index is 12.5. The zero-order chi connectivity index (χ0) is 14.1. The van der Waals surface area contributed by atoms with Crippen molar-refractivity contribution < 1.29 is 4.79 Å². The highest BCUT2D eigenvalue weighted by molar-refractivity contribution is 5.95. The minimum absolute atomic E-state index is 0.0869. The molecule has 0 bridgehead atoms. The van der Waals surface area contributed by atoms with Crippen molar-refractivity contribution in [2.24, 2.45) is 0 Å². The fraction of sp³-hybridized carbons (Fsp3) is 0.600. The van der Waals surface area contributed by atoms with Crippen LogP contribution in [0.15, 0.2) is 12.1 Å². The lowest BCUT2D eigenvalue weighted by molar-refractivity contribution is 0.0780. The number of rotatable bonds is 2. The fourth-order valence-electron chi connectivity index (χ4n) is 3.33. The summed E-state index contributed by atoms with van der Waals surface area (Å²) >= 11 is 0. The topological polar surface area (TPSA) is 62.5 Å². The largest absolute Gasteiger partial charge is 0.384 e. The van der Waals surface area contributed by atoms with Crippen LogP contribution in [0.5, 0.6) is 0 Å². The standard InChI is InChI=1S/C15H22N4O/c1-11-8-12(9-14(16)17-11)15(20)19-7-4-13(10-19)18-5-2-3-6-18/h8-9,13H,2-7,10H2,1H3,(H2,16,17). The summed E-state index contributed by atoms with van der Waals surface area (Å²) in [6, 6.07) is 4.04. The van der Waals surface area contributed by atoms with E-state index in [0.717, 1.165) is 25.2 Å². The molecule has 108 valence electrons. The van der Waals surface area contributed by atoms with Crippen LogP contribution in [0.25, 0.3) is 0 Å². The van der Waals surface area contributed by atoms with Gasteiger partial charge in [-0.15, -0.1) is 0 Å². The van der Waals surface area contributed by atoms with Gasteiger partial charge in [0, 0.05) is 30.4 Å². The molecule has 0 aromatic carbocycles. The highest BCUT2D eigenvalue weighted by Crippen LogP contribution is 2.22. The summed E-state index contributed by atoms with van der Waals surface area (Å²) in [6.07, 6.45) is 3.68. The Kier molecular flexibility index (Phi) is 3.61. The Morgan fingerprint density at radius 3 is 2.75 bits per heavy atom. The molecule has 3 rings (SSSR count). The van der Waals surface area contributed by atoms with Crippen molar-refractivity contribution in [2.75, 3.05) is 31.9 Å². The Hall–Kier alpha value is -1.62. The molecule has 0 spiro atoms. The number of carbonyl (C=O) groups is 1. The van der Waals surface area contributed by atoms with Gasteiger partial charge in [0.1, 0.15) is 5.82 Å². The second-order valence-electron chi connectivity index (χ2n) is 5.86. The molecule has 2 fully saturated rings. The quantitative estimate of drug-likeness (QED) is 0.882. The third-order valence-corrected chi connectivity index (χ3v) is 4.33. The van der Waals surface area contributed by atoms with Crippen molar-refractivity contribution in [1.29, 1.82) is 0 Å². The van der Waals surface area contributed by atoms with E-state index < -0.39 is 0 Å². The van der Waals surface area contributed by atoms with Gasteiger partial charge in [0.2, 0.25) is 0 Å². The van der Waals surface area contributed by atoms with Crippen LogP contribution in [0.2, 0.25) is 0 Å². The number of aromatic nitrogens is 1. The predicted molar refractivity (Wildman–Crippen MR) is 78.5 cm³/mol. The van der Waals surface area contributed by atoms with Gasteiger partial charge in [0.25, 0.3) is 5.91 Å². The number of anilines is 1. The second kappa shape index (κ2) is 5.40. The minimum Gasteiger partial charge on any atom is -0.384 e. The van der Waals surface area contributed by atoms with Crippen LogP contribution in [0, 0.1) is 6.92 Å². The van der Waals surface area contributed by atoms with E-state index in [-0.39, 0.29) is 5.91 Å². The number of nitrogens with zero attached hydrogens (tertiary/aromatic N) is 3. The summed E-state index contributed by atoms with van der Waals surface area (Å²) in [5.41, 5.74) is 7.19. The van der Waals surface area contributed by atoms with Gasteiger partial charge < -0.3 is 10.6 Å². The molecule has 5 nitrogen and oxygen atoms in total. The van der Waals surface area contributed by atoms with Gasteiger partial charge in [0.15, 0.2) is 0 Å². The molecule has 0 saturated carbocycles. The molecule has 3 heterocycles. The van der Waals surface area contributed by atoms with Crippen LogP contribution in [-0.2, 0) is 0 Å². The molecule has 1 unspecified atom stereocenters. The van der Waals surface area contributed by atoms with E-state index >= 15 is 0 Å². The van der Waals surface area contributed by atoms with Crippen molar-refractivity contribution in [3.05, 3.63) is 23.4 Å². The number of carbonyl (C=O) groups excluding carboxylic acids is 1. The number of hydrogen-bond donors (Lipinski definition) is 1. The van der Waals surface area contributed by atoms with Crippen LogP contribution >= 0.6 is 0 Å². The van der Waals surface area contributed by atoms with Crippen molar-refractivity contribution in [2.45, 2.75) is 32.2 Å². The maximum Gasteiger partial charge on any atom is 0.254 e. The summed E-state index contributed by atoms with van der Waals surface area (Å²) in [7, 11) is 0. The summed E-state index contributed by atoms with van der Waals surface area (Å²) in [4.78, 5) is 21.1. The minimum atomic E-state index is 0.0869. The first-order valence-corrected chi connectivity index (χ1v) is 7.41. The Labute approximate surface area is 119 Å². The molecule has 1 aromatic heterocycles. The van der Waals surface area contributed by atoms with Gasteiger partial charge >= 0.3 is 0 Å². The first-order valence-electron chi connectivity index (χ1n) is 7.41. The number of hydrogen-bond acceptors (Lipinski definition) is 4. The molecule has 1 aromatic rings. The summed E-state index contributed by atoms with van der Waals surface area (Å²) < 4.78 is 0. The smallest absolute Gasteiger partial charge is 0.254 e. The Bertz CT molecular complexity index is 490. The van der Waals surface area contributed by atoms with Gasteiger partial charge in [-0.3, -0.25) is 9.69 Å². The zero-order valence-corrected chi connectivity index (χ0v) is 12.0. The summed E-state index contributed by atoms with van der Waals surface area (Å²) in [5, 5.41) is 0. The second-order valence-corrected chi connectivity index (χ2v) is 5.86. The normalized spacial score (nSPS) is 23.4. The van der Waals surface area contributed by atoms with Crippen LogP contribution in [0.4, 0.5) is 5.82 Å². The molecule has 2 aliphatic rings. The van der Waals surface area contributed by atoms with E-state index in [9.17, 15) is 4.79 Å². The third kappa shape index (κ3) is 2.63. The Morgan fingerprint density at radius 1 is 1.30 bits per heavy atom. The van der Waals surface area contributed by atoms with Crippen LogP contribution in [0.3, 0.4) is 0 Å². The average molecular weight is 274 g/mol. The lowest BCUT2D eigenvalue weighted by Crippen LogP contribution is -2.37. The third-order valence-electron chi connectivity index (χ3n) is 4.33. The molecule has 5 heteroatoms. The molecule has 1 atom stereocenters. The lowest BCUT2D eigenvalue weighted by atomic mass is 10.2. The molecule has 0 radical (unpaired) electrons. The van der Waals surface area contributed by atoms with Crippen molar-refractivity contribution >= 4 is 11.7 Å². The van der Waals surface area contributed by atoms with Crippen LogP contribution in [0.1, 0.15) is 35.3 Å². The summed E-state index contributed by atoms with van der Waals surface area (Å²) in [6.45, 7) is 5.94. The van der Waals surface area contributed by atoms with E-state index in [4.69, 9.17) is 5.73 Å². The predicted octanol–water partition coefficient (Wildman–Crippen LogP) is 1.28. The van der Waals surface area contributed by atoms with Gasteiger partial charge in [-0.2, -0.15) is 0 Å². The van der Waals surface area contributed by atoms with Gasteiger partial charge in [-0.25, -0.2) is 4.98 Å². The molecule has 2 saturated heterocycles. The number of aryl methyl sites for hydroxylation is 1. The van der Waals surface area contributed by atoms with Crippen LogP contribution < -0.4 is 5.73 Å². The number of pyridine rings is 1. The number of likely N-dealkylation sites (tertiary alicyclic amines) is 2. The van der Waals surface area contributed by atoms with Crippen molar-refractivity contribution in [3.63, 3.8) is 0 Å². The number of nitrogens with two attached hydrogens (primary N) is 1. The van der Waals surface area contributed by atoms with Gasteiger partial charge in [-0.05, 0) is 51.4 Å². The highest BCUT2D eigenvalue weighted by atomic mass is 16.2. The lowest BCUT2D eigenvalue weighted by Gasteiger charge is -2.23. The first-order chi connectivity index (χ1) is 9.63. The molecule has 2 N–H and O–H groups in total. The molecule has 2 aliphatic heterocycles. The molecule has 0 aliphatic carbocycles. The van der Waals surface area contributed by atoms with E-state index in [1.807, 2.05) is 17.9 Å². The van der Waals surface area contributed by atoms with Gasteiger partial charge in [-0.1, -0.05) is 0 Å². The van der Waals surface area contributed by atoms with Crippen LogP contribution in [-0.4, -0.2) is 52.9 Å². The first kappa shape index (κ1) is 13.4. The molecular weight excluding hydrogens is 252 g/mol. The average Bonchev–Trinajstić information content (AvgIpc) is 3.07. The maximum absolute atomic E-state index is 12.5. The Balaban J connectivity index is 1.68. The van der Waals surface area contributed by atoms with E-state index in [0.29, 0.717) is 17.4 Å². The summed E-state index contributed by atoms with van der Waals surface area (Å²) in [5.74, 6) is 0.507. The SMILES string of the molecule is Cc1cc(C(=O)N2CCC(N3CCCC3)C2)cc(N)n1. The molecular formula is C15H22N4O. The van der Waals surface area contributed by atoms with E-state index in [1.165, 1.54) is 25.9 Å². The fourth-order valence-corrected chi connectivity index (χ4v) is 3.33. The highest BCUT2D eigenvalue weighted by Gasteiger charge is 2.32.